The number of rotatable bonds is 6. The number of thiophene rings is 1. The lowest BCUT2D eigenvalue weighted by Crippen LogP contribution is -2.33. The highest BCUT2D eigenvalue weighted by Gasteiger charge is 2.34. The summed E-state index contributed by atoms with van der Waals surface area (Å²) in [7, 11) is -2.30. The van der Waals surface area contributed by atoms with Crippen molar-refractivity contribution in [2.75, 3.05) is 7.05 Å². The van der Waals surface area contributed by atoms with E-state index >= 15 is 0 Å². The van der Waals surface area contributed by atoms with Gasteiger partial charge in [0.2, 0.25) is 10.0 Å². The van der Waals surface area contributed by atoms with Crippen molar-refractivity contribution in [3.63, 3.8) is 0 Å². The summed E-state index contributed by atoms with van der Waals surface area (Å²) >= 11 is 7.76. The van der Waals surface area contributed by atoms with Crippen LogP contribution in [-0.4, -0.2) is 32.3 Å². The first-order valence-corrected chi connectivity index (χ1v) is 10.3. The van der Waals surface area contributed by atoms with E-state index in [1.807, 2.05) is 16.8 Å². The molecule has 1 saturated carbocycles. The van der Waals surface area contributed by atoms with Crippen LogP contribution in [0.4, 0.5) is 0 Å². The molecule has 0 spiro atoms. The molecule has 1 amide bonds. The van der Waals surface area contributed by atoms with E-state index in [0.717, 1.165) is 18.4 Å². The van der Waals surface area contributed by atoms with E-state index in [0.29, 0.717) is 6.54 Å². The number of halogens is 1. The molecule has 8 heteroatoms. The maximum atomic E-state index is 13.0. The second-order valence-electron chi connectivity index (χ2n) is 5.65. The van der Waals surface area contributed by atoms with Crippen LogP contribution in [-0.2, 0) is 16.6 Å². The van der Waals surface area contributed by atoms with E-state index in [9.17, 15) is 13.2 Å². The molecule has 1 aliphatic rings. The Morgan fingerprint density at radius 3 is 2.71 bits per heavy atom. The summed E-state index contributed by atoms with van der Waals surface area (Å²) in [6.45, 7) is 0.506. The summed E-state index contributed by atoms with van der Waals surface area (Å²) in [6, 6.07) is 6.37. The lowest BCUT2D eigenvalue weighted by molar-refractivity contribution is 0.0730. The molecule has 24 heavy (non-hydrogen) atoms. The fourth-order valence-corrected chi connectivity index (χ4v) is 4.05. The Kier molecular flexibility index (Phi) is 4.96. The van der Waals surface area contributed by atoms with Gasteiger partial charge in [0.05, 0.1) is 15.5 Å². The van der Waals surface area contributed by atoms with Gasteiger partial charge in [-0.3, -0.25) is 4.79 Å². The summed E-state index contributed by atoms with van der Waals surface area (Å²) in [5.41, 5.74) is 1.28. The predicted octanol–water partition coefficient (Wildman–Crippen LogP) is 3.11. The molecule has 2 aromatic rings. The highest BCUT2D eigenvalue weighted by Crippen LogP contribution is 2.32. The lowest BCUT2D eigenvalue weighted by Gasteiger charge is -2.23. The quantitative estimate of drug-likeness (QED) is 0.832. The van der Waals surface area contributed by atoms with Crippen molar-refractivity contribution in [2.24, 2.45) is 0 Å². The van der Waals surface area contributed by atoms with Gasteiger partial charge in [0.25, 0.3) is 5.91 Å². The molecule has 3 rings (SSSR count). The van der Waals surface area contributed by atoms with Gasteiger partial charge in [-0.2, -0.15) is 11.3 Å². The van der Waals surface area contributed by atoms with E-state index in [1.54, 1.807) is 16.2 Å². The third-order valence-corrected chi connectivity index (χ3v) is 6.40. The van der Waals surface area contributed by atoms with E-state index in [1.165, 1.54) is 25.2 Å². The lowest BCUT2D eigenvalue weighted by atomic mass is 10.1. The minimum atomic E-state index is -3.63. The number of amides is 1. The minimum Gasteiger partial charge on any atom is -0.331 e. The number of hydrogen-bond acceptors (Lipinski definition) is 4. The van der Waals surface area contributed by atoms with Gasteiger partial charge in [-0.05, 0) is 60.5 Å². The van der Waals surface area contributed by atoms with Gasteiger partial charge in [-0.25, -0.2) is 13.1 Å². The normalized spacial score (nSPS) is 14.6. The first-order chi connectivity index (χ1) is 11.4. The van der Waals surface area contributed by atoms with Crippen LogP contribution in [0.15, 0.2) is 39.9 Å². The molecule has 0 unspecified atom stereocenters. The molecule has 0 bridgehead atoms. The maximum Gasteiger partial charge on any atom is 0.255 e. The third-order valence-electron chi connectivity index (χ3n) is 3.93. The van der Waals surface area contributed by atoms with Crippen LogP contribution in [0.1, 0.15) is 28.8 Å². The summed E-state index contributed by atoms with van der Waals surface area (Å²) < 4.78 is 26.2. The number of benzene rings is 1. The van der Waals surface area contributed by atoms with Crippen molar-refractivity contribution < 1.29 is 13.2 Å². The zero-order valence-corrected chi connectivity index (χ0v) is 15.4. The van der Waals surface area contributed by atoms with Crippen molar-refractivity contribution in [1.82, 2.24) is 9.62 Å². The van der Waals surface area contributed by atoms with Crippen LogP contribution < -0.4 is 4.72 Å². The van der Waals surface area contributed by atoms with E-state index in [2.05, 4.69) is 4.72 Å². The van der Waals surface area contributed by atoms with Crippen LogP contribution >= 0.6 is 22.9 Å². The predicted molar refractivity (Wildman–Crippen MR) is 94.9 cm³/mol. The Hall–Kier alpha value is -1.41. The van der Waals surface area contributed by atoms with Gasteiger partial charge >= 0.3 is 0 Å². The highest BCUT2D eigenvalue weighted by molar-refractivity contribution is 7.89. The standard InChI is InChI=1S/C16H17ClN2O3S2/c1-18-24(21,22)13-4-5-15(17)14(8-13)16(20)19(12-2-3-12)9-11-6-7-23-10-11/h4-8,10,12,18H,2-3,9H2,1H3. The van der Waals surface area contributed by atoms with Gasteiger partial charge in [-0.15, -0.1) is 0 Å². The zero-order valence-electron chi connectivity index (χ0n) is 13.0. The fraction of sp³-hybridized carbons (Fsp3) is 0.312. The van der Waals surface area contributed by atoms with Crippen molar-refractivity contribution >= 4 is 38.9 Å². The van der Waals surface area contributed by atoms with Crippen LogP contribution in [0.2, 0.25) is 5.02 Å². The molecule has 1 heterocycles. The molecule has 0 radical (unpaired) electrons. The van der Waals surface area contributed by atoms with Gasteiger partial charge in [0.15, 0.2) is 0 Å². The monoisotopic (exact) mass is 384 g/mol. The summed E-state index contributed by atoms with van der Waals surface area (Å²) in [5.74, 6) is -0.234. The highest BCUT2D eigenvalue weighted by atomic mass is 35.5. The van der Waals surface area contributed by atoms with E-state index in [-0.39, 0.29) is 27.4 Å². The minimum absolute atomic E-state index is 0.0315. The molecule has 0 saturated heterocycles. The molecule has 0 aliphatic heterocycles. The van der Waals surface area contributed by atoms with E-state index in [4.69, 9.17) is 11.6 Å². The number of nitrogens with one attached hydrogen (secondary N) is 1. The van der Waals surface area contributed by atoms with Crippen LogP contribution in [0, 0.1) is 0 Å². The van der Waals surface area contributed by atoms with Crippen LogP contribution in [0.5, 0.6) is 0 Å². The van der Waals surface area contributed by atoms with Crippen LogP contribution in [0.25, 0.3) is 0 Å². The second-order valence-corrected chi connectivity index (χ2v) is 8.72. The largest absolute Gasteiger partial charge is 0.331 e. The number of nitrogens with zero attached hydrogens (tertiary/aromatic N) is 1. The molecule has 1 aliphatic carbocycles. The van der Waals surface area contributed by atoms with Crippen molar-refractivity contribution in [3.05, 3.63) is 51.2 Å². The molecule has 0 atom stereocenters. The van der Waals surface area contributed by atoms with Gasteiger partial charge < -0.3 is 4.90 Å². The molecule has 1 N–H and O–H groups in total. The molecule has 1 aromatic carbocycles. The van der Waals surface area contributed by atoms with Crippen molar-refractivity contribution in [2.45, 2.75) is 30.3 Å². The van der Waals surface area contributed by atoms with Crippen molar-refractivity contribution in [1.29, 1.82) is 0 Å². The third kappa shape index (κ3) is 3.64. The Morgan fingerprint density at radius 1 is 1.38 bits per heavy atom. The number of carbonyl (C=O) groups is 1. The van der Waals surface area contributed by atoms with Gasteiger partial charge in [0, 0.05) is 12.6 Å². The summed E-state index contributed by atoms with van der Waals surface area (Å²) in [6.07, 6.45) is 1.92. The molecule has 1 fully saturated rings. The van der Waals surface area contributed by atoms with Gasteiger partial charge in [-0.1, -0.05) is 11.6 Å². The topological polar surface area (TPSA) is 66.5 Å². The summed E-state index contributed by atoms with van der Waals surface area (Å²) in [5, 5.41) is 4.23. The average molecular weight is 385 g/mol. The molecular formula is C16H17ClN2O3S2. The Labute approximate surface area is 150 Å². The second kappa shape index (κ2) is 6.84. The van der Waals surface area contributed by atoms with Crippen molar-refractivity contribution in [3.8, 4) is 0 Å². The number of hydrogen-bond donors (Lipinski definition) is 1. The van der Waals surface area contributed by atoms with E-state index < -0.39 is 10.0 Å². The average Bonchev–Trinajstić information content (AvgIpc) is 3.28. The molecule has 1 aromatic heterocycles. The smallest absolute Gasteiger partial charge is 0.255 e. The van der Waals surface area contributed by atoms with Gasteiger partial charge in [0.1, 0.15) is 0 Å². The Morgan fingerprint density at radius 2 is 2.12 bits per heavy atom. The SMILES string of the molecule is CNS(=O)(=O)c1ccc(Cl)c(C(=O)N(Cc2ccsc2)C2CC2)c1. The summed E-state index contributed by atoms with van der Waals surface area (Å²) in [4.78, 5) is 14.8. The molecule has 5 nitrogen and oxygen atoms in total. The van der Waals surface area contributed by atoms with Crippen LogP contribution in [0.3, 0.4) is 0 Å². The first kappa shape index (κ1) is 17.4. The zero-order chi connectivity index (χ0) is 17.3. The Balaban J connectivity index is 1.94. The first-order valence-electron chi connectivity index (χ1n) is 7.47. The molecular weight excluding hydrogens is 368 g/mol. The molecule has 128 valence electrons. The fourth-order valence-electron chi connectivity index (χ4n) is 2.44. The number of sulfonamides is 1. The number of carbonyl (C=O) groups excluding carboxylic acids is 1. The Bertz CT molecular complexity index is 846. The maximum absolute atomic E-state index is 13.0.